The summed E-state index contributed by atoms with van der Waals surface area (Å²) in [5, 5.41) is 0.479. The summed E-state index contributed by atoms with van der Waals surface area (Å²) in [6, 6.07) is 4.24. The highest BCUT2D eigenvalue weighted by atomic mass is 35.5. The van der Waals surface area contributed by atoms with Crippen molar-refractivity contribution in [3.63, 3.8) is 0 Å². The first-order chi connectivity index (χ1) is 11.1. The normalized spacial score (nSPS) is 17.6. The van der Waals surface area contributed by atoms with Crippen LogP contribution in [0.4, 0.5) is 5.69 Å². The molecule has 2 rings (SSSR count). The molecule has 1 atom stereocenters. The van der Waals surface area contributed by atoms with Gasteiger partial charge in [-0.2, -0.15) is 0 Å². The van der Waals surface area contributed by atoms with Gasteiger partial charge in [-0.15, -0.1) is 0 Å². The van der Waals surface area contributed by atoms with Crippen molar-refractivity contribution in [3.8, 4) is 0 Å². The maximum atomic E-state index is 12.8. The molecule has 0 bridgehead atoms. The van der Waals surface area contributed by atoms with Crippen molar-refractivity contribution in [2.45, 2.75) is 39.7 Å². The number of hydrogen-bond acceptors (Lipinski definition) is 3. The second-order valence-corrected chi connectivity index (χ2v) is 8.94. The molecule has 5 nitrogen and oxygen atoms in total. The number of anilines is 1. The van der Waals surface area contributed by atoms with E-state index in [1.54, 1.807) is 30.0 Å². The number of nitrogens with zero attached hydrogens (tertiary/aromatic N) is 2. The van der Waals surface area contributed by atoms with Gasteiger partial charge in [-0.05, 0) is 50.3 Å². The van der Waals surface area contributed by atoms with Gasteiger partial charge in [-0.1, -0.05) is 24.6 Å². The molecule has 1 amide bonds. The second kappa shape index (κ2) is 7.31. The van der Waals surface area contributed by atoms with Crippen LogP contribution in [-0.4, -0.2) is 44.6 Å². The SMILES string of the molecule is Cc1ccc(N([C@@H](C)C(=O)N2CCC(C)CC2)S(C)(=O)=O)cc1Cl. The number of halogens is 1. The summed E-state index contributed by atoms with van der Waals surface area (Å²) in [5.41, 5.74) is 1.28. The number of sulfonamides is 1. The Balaban J connectivity index is 2.30. The molecule has 0 spiro atoms. The van der Waals surface area contributed by atoms with Gasteiger partial charge in [-0.3, -0.25) is 9.10 Å². The fourth-order valence-electron chi connectivity index (χ4n) is 3.01. The number of benzene rings is 1. The highest BCUT2D eigenvalue weighted by Crippen LogP contribution is 2.28. The van der Waals surface area contributed by atoms with E-state index in [4.69, 9.17) is 11.6 Å². The quantitative estimate of drug-likeness (QED) is 0.816. The molecule has 0 unspecified atom stereocenters. The minimum Gasteiger partial charge on any atom is -0.341 e. The van der Waals surface area contributed by atoms with Crippen molar-refractivity contribution in [1.29, 1.82) is 0 Å². The molecule has 1 aliphatic heterocycles. The number of piperidine rings is 1. The first-order valence-corrected chi connectivity index (χ1v) is 10.4. The van der Waals surface area contributed by atoms with E-state index in [1.165, 1.54) is 4.31 Å². The Bertz CT molecular complexity index is 713. The Labute approximate surface area is 149 Å². The third kappa shape index (κ3) is 4.22. The van der Waals surface area contributed by atoms with Crippen molar-refractivity contribution in [3.05, 3.63) is 28.8 Å². The number of rotatable bonds is 4. The molecular weight excluding hydrogens is 348 g/mol. The Morgan fingerprint density at radius 3 is 2.42 bits per heavy atom. The molecule has 24 heavy (non-hydrogen) atoms. The van der Waals surface area contributed by atoms with Gasteiger partial charge in [-0.25, -0.2) is 8.42 Å². The van der Waals surface area contributed by atoms with Crippen molar-refractivity contribution in [1.82, 2.24) is 4.90 Å². The van der Waals surface area contributed by atoms with Crippen LogP contribution in [0.5, 0.6) is 0 Å². The van der Waals surface area contributed by atoms with Crippen LogP contribution < -0.4 is 4.31 Å². The van der Waals surface area contributed by atoms with Gasteiger partial charge in [0.1, 0.15) is 6.04 Å². The van der Waals surface area contributed by atoms with E-state index < -0.39 is 16.1 Å². The molecule has 1 heterocycles. The zero-order chi connectivity index (χ0) is 18.1. The topological polar surface area (TPSA) is 57.7 Å². The molecule has 7 heteroatoms. The lowest BCUT2D eigenvalue weighted by Crippen LogP contribution is -2.51. The number of carbonyl (C=O) groups excluding carboxylic acids is 1. The fourth-order valence-corrected chi connectivity index (χ4v) is 4.35. The largest absolute Gasteiger partial charge is 0.341 e. The molecular formula is C17H25ClN2O3S. The van der Waals surface area contributed by atoms with Gasteiger partial charge in [0.05, 0.1) is 11.9 Å². The Morgan fingerprint density at radius 1 is 1.33 bits per heavy atom. The lowest BCUT2D eigenvalue weighted by atomic mass is 9.99. The van der Waals surface area contributed by atoms with Crippen molar-refractivity contribution < 1.29 is 13.2 Å². The Hall–Kier alpha value is -1.27. The molecule has 1 aromatic rings. The van der Waals surface area contributed by atoms with Gasteiger partial charge in [0, 0.05) is 18.1 Å². The van der Waals surface area contributed by atoms with Crippen LogP contribution in [0.1, 0.15) is 32.3 Å². The standard InChI is InChI=1S/C17H25ClN2O3S/c1-12-7-9-19(10-8-12)17(21)14(3)20(24(4,22)23)15-6-5-13(2)16(18)11-15/h5-6,11-12,14H,7-10H2,1-4H3/t14-/m0/s1. The molecule has 0 saturated carbocycles. The minimum absolute atomic E-state index is 0.163. The summed E-state index contributed by atoms with van der Waals surface area (Å²) in [5.74, 6) is 0.440. The molecule has 0 aliphatic carbocycles. The van der Waals surface area contributed by atoms with E-state index in [9.17, 15) is 13.2 Å². The van der Waals surface area contributed by atoms with Crippen molar-refractivity contribution in [2.75, 3.05) is 23.7 Å². The molecule has 1 aliphatic rings. The first kappa shape index (κ1) is 19.1. The Kier molecular flexibility index (Phi) is 5.81. The van der Waals surface area contributed by atoms with Gasteiger partial charge >= 0.3 is 0 Å². The van der Waals surface area contributed by atoms with E-state index >= 15 is 0 Å². The highest BCUT2D eigenvalue weighted by Gasteiger charge is 2.33. The maximum Gasteiger partial charge on any atom is 0.246 e. The number of likely N-dealkylation sites (tertiary alicyclic amines) is 1. The second-order valence-electron chi connectivity index (χ2n) is 6.68. The first-order valence-electron chi connectivity index (χ1n) is 8.15. The van der Waals surface area contributed by atoms with Crippen molar-refractivity contribution >= 4 is 33.2 Å². The summed E-state index contributed by atoms with van der Waals surface area (Å²) in [4.78, 5) is 14.6. The molecule has 1 fully saturated rings. The van der Waals surface area contributed by atoms with Gasteiger partial charge in [0.25, 0.3) is 0 Å². The molecule has 0 aromatic heterocycles. The maximum absolute atomic E-state index is 12.8. The lowest BCUT2D eigenvalue weighted by molar-refractivity contribution is -0.133. The van der Waals surface area contributed by atoms with Gasteiger partial charge < -0.3 is 4.90 Å². The monoisotopic (exact) mass is 372 g/mol. The summed E-state index contributed by atoms with van der Waals surface area (Å²) >= 11 is 6.14. The van der Waals surface area contributed by atoms with Gasteiger partial charge in [0.15, 0.2) is 0 Å². The predicted molar refractivity (Wildman–Crippen MR) is 98.0 cm³/mol. The number of hydrogen-bond donors (Lipinski definition) is 0. The van der Waals surface area contributed by atoms with E-state index in [2.05, 4.69) is 6.92 Å². The molecule has 0 radical (unpaired) electrons. The zero-order valence-electron chi connectivity index (χ0n) is 14.6. The Morgan fingerprint density at radius 2 is 1.92 bits per heavy atom. The van der Waals surface area contributed by atoms with Crippen LogP contribution in [-0.2, 0) is 14.8 Å². The predicted octanol–water partition coefficient (Wildman–Crippen LogP) is 3.06. The van der Waals surface area contributed by atoms with Crippen LogP contribution >= 0.6 is 11.6 Å². The summed E-state index contributed by atoms with van der Waals surface area (Å²) in [6.45, 7) is 7.01. The van der Waals surface area contributed by atoms with Crippen LogP contribution in [0.3, 0.4) is 0 Å². The molecule has 134 valence electrons. The molecule has 1 saturated heterocycles. The van der Waals surface area contributed by atoms with Gasteiger partial charge in [0.2, 0.25) is 15.9 Å². The third-order valence-corrected chi connectivity index (χ3v) is 6.22. The fraction of sp³-hybridized carbons (Fsp3) is 0.588. The summed E-state index contributed by atoms with van der Waals surface area (Å²) in [7, 11) is -3.61. The van der Waals surface area contributed by atoms with E-state index in [0.29, 0.717) is 29.7 Å². The van der Waals surface area contributed by atoms with Crippen LogP contribution in [0, 0.1) is 12.8 Å². The van der Waals surface area contributed by atoms with Crippen LogP contribution in [0.15, 0.2) is 18.2 Å². The smallest absolute Gasteiger partial charge is 0.246 e. The zero-order valence-corrected chi connectivity index (χ0v) is 16.2. The number of aryl methyl sites for hydroxylation is 1. The molecule has 1 aromatic carbocycles. The van der Waals surface area contributed by atoms with E-state index in [0.717, 1.165) is 24.7 Å². The van der Waals surface area contributed by atoms with Crippen LogP contribution in [0.25, 0.3) is 0 Å². The lowest BCUT2D eigenvalue weighted by Gasteiger charge is -2.36. The van der Waals surface area contributed by atoms with E-state index in [-0.39, 0.29) is 5.91 Å². The highest BCUT2D eigenvalue weighted by molar-refractivity contribution is 7.92. The molecule has 0 N–H and O–H groups in total. The summed E-state index contributed by atoms with van der Waals surface area (Å²) in [6.07, 6.45) is 3.02. The minimum atomic E-state index is -3.61. The summed E-state index contributed by atoms with van der Waals surface area (Å²) < 4.78 is 25.8. The average molecular weight is 373 g/mol. The van der Waals surface area contributed by atoms with Crippen LogP contribution in [0.2, 0.25) is 5.02 Å². The van der Waals surface area contributed by atoms with Crippen molar-refractivity contribution in [2.24, 2.45) is 5.92 Å². The third-order valence-electron chi connectivity index (χ3n) is 4.57. The number of amides is 1. The number of carbonyl (C=O) groups is 1. The average Bonchev–Trinajstić information content (AvgIpc) is 2.49. The van der Waals surface area contributed by atoms with E-state index in [1.807, 2.05) is 6.92 Å².